The van der Waals surface area contributed by atoms with Crippen LogP contribution < -0.4 is 4.74 Å². The third kappa shape index (κ3) is 2.90. The van der Waals surface area contributed by atoms with Crippen molar-refractivity contribution in [2.75, 3.05) is 12.4 Å². The standard InChI is InChI=1S/C17H16O3S/c1-11-6-7-13(8-15(11)17(18)19)21-10-12-9-20-16-5-3-2-4-14(12)16/h2-8,12H,9-10H2,1H3,(H,18,19). The first-order valence-corrected chi connectivity index (χ1v) is 7.82. The number of thioether (sulfide) groups is 1. The lowest BCUT2D eigenvalue weighted by atomic mass is 10.0. The Morgan fingerprint density at radius 3 is 2.95 bits per heavy atom. The van der Waals surface area contributed by atoms with Crippen LogP contribution in [-0.4, -0.2) is 23.4 Å². The zero-order valence-corrected chi connectivity index (χ0v) is 12.5. The second-order valence-electron chi connectivity index (χ2n) is 5.14. The average molecular weight is 300 g/mol. The van der Waals surface area contributed by atoms with Crippen LogP contribution in [0.3, 0.4) is 0 Å². The zero-order valence-electron chi connectivity index (χ0n) is 11.7. The van der Waals surface area contributed by atoms with E-state index in [-0.39, 0.29) is 0 Å². The van der Waals surface area contributed by atoms with Gasteiger partial charge in [-0.15, -0.1) is 11.8 Å². The molecule has 21 heavy (non-hydrogen) atoms. The molecule has 2 aromatic rings. The Morgan fingerprint density at radius 1 is 1.33 bits per heavy atom. The molecular formula is C17H16O3S. The van der Waals surface area contributed by atoms with E-state index in [2.05, 4.69) is 6.07 Å². The Labute approximate surface area is 127 Å². The minimum atomic E-state index is -0.871. The number of rotatable bonds is 4. The van der Waals surface area contributed by atoms with Gasteiger partial charge < -0.3 is 9.84 Å². The topological polar surface area (TPSA) is 46.5 Å². The van der Waals surface area contributed by atoms with E-state index < -0.39 is 5.97 Å². The van der Waals surface area contributed by atoms with E-state index in [1.54, 1.807) is 17.8 Å². The van der Waals surface area contributed by atoms with Crippen LogP contribution in [-0.2, 0) is 0 Å². The monoisotopic (exact) mass is 300 g/mol. The zero-order chi connectivity index (χ0) is 14.8. The van der Waals surface area contributed by atoms with Crippen molar-refractivity contribution in [1.82, 2.24) is 0 Å². The molecule has 1 aliphatic rings. The molecule has 0 bridgehead atoms. The molecule has 0 amide bonds. The van der Waals surface area contributed by atoms with Crippen molar-refractivity contribution in [2.45, 2.75) is 17.7 Å². The van der Waals surface area contributed by atoms with Gasteiger partial charge in [0.1, 0.15) is 5.75 Å². The van der Waals surface area contributed by atoms with E-state index in [0.29, 0.717) is 18.1 Å². The van der Waals surface area contributed by atoms with Gasteiger partial charge in [0.15, 0.2) is 0 Å². The SMILES string of the molecule is Cc1ccc(SCC2COc3ccccc32)cc1C(=O)O. The quantitative estimate of drug-likeness (QED) is 0.868. The third-order valence-corrected chi connectivity index (χ3v) is 4.85. The van der Waals surface area contributed by atoms with E-state index in [1.165, 1.54) is 5.56 Å². The fourth-order valence-electron chi connectivity index (χ4n) is 2.49. The molecule has 1 heterocycles. The van der Waals surface area contributed by atoms with Crippen molar-refractivity contribution in [1.29, 1.82) is 0 Å². The van der Waals surface area contributed by atoms with Crippen LogP contribution in [0, 0.1) is 6.92 Å². The summed E-state index contributed by atoms with van der Waals surface area (Å²) in [4.78, 5) is 12.2. The lowest BCUT2D eigenvalue weighted by molar-refractivity contribution is 0.0696. The lowest BCUT2D eigenvalue weighted by Crippen LogP contribution is -2.04. The summed E-state index contributed by atoms with van der Waals surface area (Å²) < 4.78 is 5.67. The third-order valence-electron chi connectivity index (χ3n) is 3.69. The number of fused-ring (bicyclic) bond motifs is 1. The van der Waals surface area contributed by atoms with E-state index in [0.717, 1.165) is 22.0 Å². The molecule has 0 fully saturated rings. The number of para-hydroxylation sites is 1. The first-order chi connectivity index (χ1) is 10.1. The van der Waals surface area contributed by atoms with Gasteiger partial charge in [0.05, 0.1) is 12.2 Å². The van der Waals surface area contributed by atoms with Gasteiger partial charge in [0.25, 0.3) is 0 Å². The maximum Gasteiger partial charge on any atom is 0.335 e. The van der Waals surface area contributed by atoms with Gasteiger partial charge in [0, 0.05) is 22.1 Å². The molecule has 4 heteroatoms. The molecule has 1 unspecified atom stereocenters. The van der Waals surface area contributed by atoms with Crippen molar-refractivity contribution >= 4 is 17.7 Å². The number of carbonyl (C=O) groups is 1. The van der Waals surface area contributed by atoms with E-state index in [4.69, 9.17) is 4.74 Å². The Kier molecular flexibility index (Phi) is 3.88. The van der Waals surface area contributed by atoms with E-state index >= 15 is 0 Å². The van der Waals surface area contributed by atoms with Crippen LogP contribution in [0.2, 0.25) is 0 Å². The molecule has 0 aliphatic carbocycles. The maximum absolute atomic E-state index is 11.2. The number of hydrogen-bond donors (Lipinski definition) is 1. The van der Waals surface area contributed by atoms with Crippen molar-refractivity contribution in [2.24, 2.45) is 0 Å². The number of benzene rings is 2. The molecule has 1 atom stereocenters. The molecule has 0 radical (unpaired) electrons. The van der Waals surface area contributed by atoms with Gasteiger partial charge in [-0.25, -0.2) is 4.79 Å². The van der Waals surface area contributed by atoms with Gasteiger partial charge in [-0.1, -0.05) is 24.3 Å². The number of aryl methyl sites for hydroxylation is 1. The highest BCUT2D eigenvalue weighted by Crippen LogP contribution is 2.37. The summed E-state index contributed by atoms with van der Waals surface area (Å²) in [6.07, 6.45) is 0. The molecule has 3 nitrogen and oxygen atoms in total. The van der Waals surface area contributed by atoms with Gasteiger partial charge >= 0.3 is 5.97 Å². The minimum Gasteiger partial charge on any atom is -0.493 e. The number of carboxylic acid groups (broad SMARTS) is 1. The first-order valence-electron chi connectivity index (χ1n) is 6.83. The second kappa shape index (κ2) is 5.82. The lowest BCUT2D eigenvalue weighted by Gasteiger charge is -2.09. The van der Waals surface area contributed by atoms with Crippen LogP contribution in [0.5, 0.6) is 5.75 Å². The van der Waals surface area contributed by atoms with Crippen LogP contribution in [0.25, 0.3) is 0 Å². The predicted molar refractivity (Wildman–Crippen MR) is 83.5 cm³/mol. The molecule has 1 N–H and O–H groups in total. The summed E-state index contributed by atoms with van der Waals surface area (Å²) in [5.41, 5.74) is 2.42. The molecular weight excluding hydrogens is 284 g/mol. The molecule has 0 saturated carbocycles. The number of aromatic carboxylic acids is 1. The summed E-state index contributed by atoms with van der Waals surface area (Å²) in [7, 11) is 0. The summed E-state index contributed by atoms with van der Waals surface area (Å²) in [5.74, 6) is 1.35. The molecule has 0 saturated heterocycles. The molecule has 0 aromatic heterocycles. The summed E-state index contributed by atoms with van der Waals surface area (Å²) in [6, 6.07) is 13.7. The van der Waals surface area contributed by atoms with Crippen molar-refractivity contribution in [3.63, 3.8) is 0 Å². The summed E-state index contributed by atoms with van der Waals surface area (Å²) in [6.45, 7) is 2.52. The van der Waals surface area contributed by atoms with E-state index in [9.17, 15) is 9.90 Å². The van der Waals surface area contributed by atoms with Gasteiger partial charge in [-0.2, -0.15) is 0 Å². The predicted octanol–water partition coefficient (Wildman–Crippen LogP) is 3.96. The minimum absolute atomic E-state index is 0.362. The Morgan fingerprint density at radius 2 is 2.14 bits per heavy atom. The Balaban J connectivity index is 1.72. The summed E-state index contributed by atoms with van der Waals surface area (Å²) >= 11 is 1.68. The Bertz CT molecular complexity index is 681. The van der Waals surface area contributed by atoms with Crippen molar-refractivity contribution in [3.8, 4) is 5.75 Å². The summed E-state index contributed by atoms with van der Waals surface area (Å²) in [5, 5.41) is 9.17. The fourth-order valence-corrected chi connectivity index (χ4v) is 3.52. The van der Waals surface area contributed by atoms with Crippen molar-refractivity contribution < 1.29 is 14.6 Å². The highest BCUT2D eigenvalue weighted by atomic mass is 32.2. The smallest absolute Gasteiger partial charge is 0.335 e. The highest BCUT2D eigenvalue weighted by molar-refractivity contribution is 7.99. The molecule has 1 aliphatic heterocycles. The van der Waals surface area contributed by atoms with Gasteiger partial charge in [0.2, 0.25) is 0 Å². The molecule has 108 valence electrons. The molecule has 3 rings (SSSR count). The van der Waals surface area contributed by atoms with Crippen LogP contribution >= 0.6 is 11.8 Å². The molecule has 2 aromatic carbocycles. The van der Waals surface area contributed by atoms with Crippen LogP contribution in [0.4, 0.5) is 0 Å². The highest BCUT2D eigenvalue weighted by Gasteiger charge is 2.23. The van der Waals surface area contributed by atoms with E-state index in [1.807, 2.05) is 37.3 Å². The first kappa shape index (κ1) is 14.0. The van der Waals surface area contributed by atoms with Gasteiger partial charge in [-0.3, -0.25) is 0 Å². The normalized spacial score (nSPS) is 16.3. The number of carboxylic acids is 1. The maximum atomic E-state index is 11.2. The number of ether oxygens (including phenoxy) is 1. The van der Waals surface area contributed by atoms with Crippen LogP contribution in [0.15, 0.2) is 47.4 Å². The second-order valence-corrected chi connectivity index (χ2v) is 6.23. The van der Waals surface area contributed by atoms with Crippen molar-refractivity contribution in [3.05, 3.63) is 59.2 Å². The van der Waals surface area contributed by atoms with Gasteiger partial charge in [-0.05, 0) is 30.7 Å². The van der Waals surface area contributed by atoms with Crippen LogP contribution in [0.1, 0.15) is 27.4 Å². The molecule has 0 spiro atoms. The fraction of sp³-hybridized carbons (Fsp3) is 0.235. The average Bonchev–Trinajstić information content (AvgIpc) is 2.89. The Hall–Kier alpha value is -1.94. The number of hydrogen-bond acceptors (Lipinski definition) is 3. The largest absolute Gasteiger partial charge is 0.493 e.